The molecule has 1 aliphatic rings. The first kappa shape index (κ1) is 14.7. The molecular formula is C9H11BF3KN2. The minimum atomic E-state index is -4.82. The van der Waals surface area contributed by atoms with E-state index in [9.17, 15) is 12.9 Å². The zero-order valence-corrected chi connectivity index (χ0v) is 12.2. The van der Waals surface area contributed by atoms with Crippen LogP contribution in [0.25, 0.3) is 0 Å². The molecule has 0 atom stereocenters. The zero-order chi connectivity index (χ0) is 11.1. The molecule has 1 saturated carbocycles. The summed E-state index contributed by atoms with van der Waals surface area (Å²) in [5, 5.41) is 0. The summed E-state index contributed by atoms with van der Waals surface area (Å²) in [5.74, 6) is 0. The molecular weight excluding hydrogens is 243 g/mol. The van der Waals surface area contributed by atoms with Crippen molar-refractivity contribution in [3.8, 4) is 0 Å². The molecule has 1 aromatic heterocycles. The number of rotatable bonds is 3. The van der Waals surface area contributed by atoms with Gasteiger partial charge in [-0.2, -0.15) is 0 Å². The number of nitrogens with zero attached hydrogens (tertiary/aromatic N) is 1. The predicted molar refractivity (Wildman–Crippen MR) is 52.1 cm³/mol. The topological polar surface area (TPSA) is 38.9 Å². The van der Waals surface area contributed by atoms with Gasteiger partial charge in [0.1, 0.15) is 0 Å². The van der Waals surface area contributed by atoms with Gasteiger partial charge in [-0.15, -0.1) is 0 Å². The van der Waals surface area contributed by atoms with Gasteiger partial charge >= 0.3 is 58.4 Å². The molecule has 1 fully saturated rings. The molecule has 0 aliphatic heterocycles. The molecule has 0 unspecified atom stereocenters. The van der Waals surface area contributed by atoms with E-state index in [1.165, 1.54) is 12.3 Å². The molecule has 0 radical (unpaired) electrons. The van der Waals surface area contributed by atoms with Crippen LogP contribution in [-0.2, 0) is 11.9 Å². The van der Waals surface area contributed by atoms with Crippen LogP contribution in [0.2, 0.25) is 0 Å². The van der Waals surface area contributed by atoms with Gasteiger partial charge in [-0.1, -0.05) is 0 Å². The first-order valence-electron chi connectivity index (χ1n) is 4.84. The SMILES string of the molecule is NC1(c2ccnc(C[B-](F)(F)F)c2)CC1.[K+]. The minimum Gasteiger partial charge on any atom is -0.449 e. The average Bonchev–Trinajstić information content (AvgIpc) is 2.82. The molecule has 2 nitrogen and oxygen atoms in total. The Hall–Kier alpha value is 0.601. The number of aromatic nitrogens is 1. The summed E-state index contributed by atoms with van der Waals surface area (Å²) in [5.41, 5.74) is 6.34. The van der Waals surface area contributed by atoms with Crippen molar-refractivity contribution in [3.05, 3.63) is 29.6 Å². The Balaban J connectivity index is 0.00000128. The molecule has 2 rings (SSSR count). The van der Waals surface area contributed by atoms with Crippen molar-refractivity contribution in [2.45, 2.75) is 24.7 Å². The fourth-order valence-electron chi connectivity index (χ4n) is 1.56. The zero-order valence-electron chi connectivity index (χ0n) is 9.09. The molecule has 0 saturated heterocycles. The second-order valence-corrected chi connectivity index (χ2v) is 4.11. The standard InChI is InChI=1S/C9H11BF3N2.K/c11-10(12,13)6-8-5-7(1-4-15-8)9(14)2-3-9;/h1,4-5H,2-3,6,14H2;/q-1;+1. The van der Waals surface area contributed by atoms with Gasteiger partial charge < -0.3 is 18.7 Å². The van der Waals surface area contributed by atoms with Crippen molar-refractivity contribution < 1.29 is 64.3 Å². The molecule has 7 heteroatoms. The summed E-state index contributed by atoms with van der Waals surface area (Å²) in [7, 11) is 0. The Morgan fingerprint density at radius 2 is 2.00 bits per heavy atom. The van der Waals surface area contributed by atoms with Crippen molar-refractivity contribution in [2.75, 3.05) is 0 Å². The fraction of sp³-hybridized carbons (Fsp3) is 0.444. The van der Waals surface area contributed by atoms with E-state index in [2.05, 4.69) is 4.98 Å². The Morgan fingerprint density at radius 3 is 2.50 bits per heavy atom. The van der Waals surface area contributed by atoms with Gasteiger partial charge in [0, 0.05) is 17.4 Å². The van der Waals surface area contributed by atoms with E-state index in [0.29, 0.717) is 0 Å². The van der Waals surface area contributed by atoms with Crippen LogP contribution < -0.4 is 57.1 Å². The van der Waals surface area contributed by atoms with Gasteiger partial charge in [-0.05, 0) is 36.9 Å². The van der Waals surface area contributed by atoms with Gasteiger partial charge in [-0.25, -0.2) is 0 Å². The van der Waals surface area contributed by atoms with E-state index < -0.39 is 18.8 Å². The van der Waals surface area contributed by atoms with Crippen molar-refractivity contribution in [2.24, 2.45) is 5.73 Å². The molecule has 0 aromatic carbocycles. The first-order chi connectivity index (χ1) is 6.89. The van der Waals surface area contributed by atoms with Gasteiger partial charge in [0.2, 0.25) is 0 Å². The van der Waals surface area contributed by atoms with E-state index in [1.54, 1.807) is 6.07 Å². The minimum absolute atomic E-state index is 0. The maximum Gasteiger partial charge on any atom is 1.00 e. The Morgan fingerprint density at radius 1 is 1.38 bits per heavy atom. The quantitative estimate of drug-likeness (QED) is 0.700. The molecule has 16 heavy (non-hydrogen) atoms. The van der Waals surface area contributed by atoms with Crippen LogP contribution in [0.4, 0.5) is 12.9 Å². The summed E-state index contributed by atoms with van der Waals surface area (Å²) < 4.78 is 36.5. The summed E-state index contributed by atoms with van der Waals surface area (Å²) in [6.45, 7) is -4.82. The maximum atomic E-state index is 12.2. The summed E-state index contributed by atoms with van der Waals surface area (Å²) >= 11 is 0. The molecule has 0 bridgehead atoms. The van der Waals surface area contributed by atoms with E-state index in [4.69, 9.17) is 5.73 Å². The molecule has 1 heterocycles. The summed E-state index contributed by atoms with van der Waals surface area (Å²) in [4.78, 5) is 3.71. The second kappa shape index (κ2) is 5.07. The molecule has 1 aromatic rings. The van der Waals surface area contributed by atoms with Gasteiger partial charge in [0.15, 0.2) is 0 Å². The molecule has 0 spiro atoms. The van der Waals surface area contributed by atoms with E-state index in [0.717, 1.165) is 18.4 Å². The van der Waals surface area contributed by atoms with E-state index in [1.807, 2.05) is 0 Å². The van der Waals surface area contributed by atoms with Crippen LogP contribution in [-0.4, -0.2) is 12.0 Å². The molecule has 82 valence electrons. The number of nitrogens with two attached hydrogens (primary N) is 1. The number of hydrogen-bond donors (Lipinski definition) is 1. The fourth-order valence-corrected chi connectivity index (χ4v) is 1.56. The maximum absolute atomic E-state index is 12.2. The van der Waals surface area contributed by atoms with Gasteiger partial charge in [0.25, 0.3) is 0 Å². The monoisotopic (exact) mass is 254 g/mol. The van der Waals surface area contributed by atoms with E-state index in [-0.39, 0.29) is 57.1 Å². The van der Waals surface area contributed by atoms with Crippen molar-refractivity contribution >= 4 is 6.98 Å². The summed E-state index contributed by atoms with van der Waals surface area (Å²) in [6, 6.07) is 3.17. The van der Waals surface area contributed by atoms with E-state index >= 15 is 0 Å². The third kappa shape index (κ3) is 3.82. The first-order valence-corrected chi connectivity index (χ1v) is 4.84. The third-order valence-corrected chi connectivity index (χ3v) is 2.62. The molecule has 0 amide bonds. The average molecular weight is 254 g/mol. The van der Waals surface area contributed by atoms with Crippen molar-refractivity contribution in [1.82, 2.24) is 4.98 Å². The third-order valence-electron chi connectivity index (χ3n) is 2.62. The Kier molecular flexibility index (Phi) is 4.65. The van der Waals surface area contributed by atoms with Gasteiger partial charge in [-0.3, -0.25) is 4.98 Å². The molecule has 2 N–H and O–H groups in total. The van der Waals surface area contributed by atoms with Crippen LogP contribution >= 0.6 is 0 Å². The van der Waals surface area contributed by atoms with Gasteiger partial charge in [0.05, 0.1) is 0 Å². The van der Waals surface area contributed by atoms with Crippen LogP contribution in [0, 0.1) is 0 Å². The smallest absolute Gasteiger partial charge is 0.449 e. The summed E-state index contributed by atoms with van der Waals surface area (Å²) in [6.07, 6.45) is 2.16. The Bertz CT molecular complexity index is 379. The van der Waals surface area contributed by atoms with Crippen molar-refractivity contribution in [1.29, 1.82) is 0 Å². The number of halogens is 3. The van der Waals surface area contributed by atoms with Crippen LogP contribution in [0.1, 0.15) is 24.1 Å². The largest absolute Gasteiger partial charge is 1.00 e. The van der Waals surface area contributed by atoms with Crippen LogP contribution in [0.15, 0.2) is 18.3 Å². The van der Waals surface area contributed by atoms with Crippen molar-refractivity contribution in [3.63, 3.8) is 0 Å². The second-order valence-electron chi connectivity index (χ2n) is 4.11. The normalized spacial score (nSPS) is 17.8. The van der Waals surface area contributed by atoms with Crippen LogP contribution in [0.3, 0.4) is 0 Å². The number of hydrogen-bond acceptors (Lipinski definition) is 2. The Labute approximate surface area is 135 Å². The number of pyridine rings is 1. The predicted octanol–water partition coefficient (Wildman–Crippen LogP) is -1.04. The molecule has 1 aliphatic carbocycles. The van der Waals surface area contributed by atoms with Crippen LogP contribution in [0.5, 0.6) is 0 Å².